The molecule has 1 unspecified atom stereocenters. The number of urea groups is 1. The number of unbranched alkanes of at least 4 members (excludes halogenated alkanes) is 2. The summed E-state index contributed by atoms with van der Waals surface area (Å²) in [6.45, 7) is 4.65. The predicted molar refractivity (Wildman–Crippen MR) is 288 cm³/mol. The van der Waals surface area contributed by atoms with E-state index >= 15 is 4.39 Å². The van der Waals surface area contributed by atoms with E-state index < -0.39 is 113 Å². The van der Waals surface area contributed by atoms with Crippen molar-refractivity contribution in [2.24, 2.45) is 11.7 Å². The monoisotopic (exact) mass is 1130 g/mol. The normalized spacial score (nSPS) is 16.8. The van der Waals surface area contributed by atoms with Crippen LogP contribution in [0.15, 0.2) is 53.3 Å². The van der Waals surface area contributed by atoms with Gasteiger partial charge in [-0.2, -0.15) is 0 Å². The van der Waals surface area contributed by atoms with Crippen LogP contribution in [-0.2, 0) is 74.0 Å². The van der Waals surface area contributed by atoms with E-state index in [4.69, 9.17) is 20.2 Å². The first-order valence-corrected chi connectivity index (χ1v) is 26.9. The zero-order valence-corrected chi connectivity index (χ0v) is 45.2. The molecule has 25 nitrogen and oxygen atoms in total. The molecule has 0 saturated heterocycles. The fourth-order valence-corrected chi connectivity index (χ4v) is 10.5. The van der Waals surface area contributed by atoms with Crippen LogP contribution in [0.1, 0.15) is 123 Å². The van der Waals surface area contributed by atoms with E-state index in [1.165, 1.54) is 41.0 Å². The van der Waals surface area contributed by atoms with Gasteiger partial charge in [-0.1, -0.05) is 32.4 Å². The molecular weight excluding hydrogens is 1070 g/mol. The van der Waals surface area contributed by atoms with Gasteiger partial charge >= 0.3 is 24.1 Å². The van der Waals surface area contributed by atoms with E-state index in [0.717, 1.165) is 4.90 Å². The molecule has 0 bridgehead atoms. The second-order valence-electron chi connectivity index (χ2n) is 20.8. The number of aliphatic hydroxyl groups is 1. The molecule has 2 aromatic carbocycles. The van der Waals surface area contributed by atoms with Crippen molar-refractivity contribution >= 4 is 76.1 Å². The number of nitrogens with two attached hydrogens (primary N) is 1. The molecule has 26 heteroatoms. The summed E-state index contributed by atoms with van der Waals surface area (Å²) in [6.07, 6.45) is 1.16. The smallest absolute Gasteiger partial charge is 0.407 e. The Morgan fingerprint density at radius 1 is 0.866 bits per heavy atom. The number of hydrogen-bond donors (Lipinski definition) is 9. The molecule has 5 heterocycles. The number of aromatic nitrogens is 2. The van der Waals surface area contributed by atoms with Gasteiger partial charge in [0, 0.05) is 66.4 Å². The van der Waals surface area contributed by atoms with Gasteiger partial charge in [0.1, 0.15) is 37.2 Å². The zero-order chi connectivity index (χ0) is 59.1. The van der Waals surface area contributed by atoms with Crippen molar-refractivity contribution in [2.45, 2.75) is 135 Å². The lowest BCUT2D eigenvalue weighted by Gasteiger charge is -2.29. The van der Waals surface area contributed by atoms with Crippen LogP contribution in [0.25, 0.3) is 22.3 Å². The first kappa shape index (κ1) is 59.1. The molecular formula is C56H63FN10O15. The van der Waals surface area contributed by atoms with Crippen LogP contribution in [0, 0.1) is 18.7 Å². The highest BCUT2D eigenvalue weighted by molar-refractivity contribution is 6.12. The summed E-state index contributed by atoms with van der Waals surface area (Å²) in [5, 5.41) is 36.6. The highest BCUT2D eigenvalue weighted by atomic mass is 19.1. The third-order valence-electron chi connectivity index (χ3n) is 14.9. The number of aliphatic carboxylic acids is 1. The Bertz CT molecular complexity index is 3340. The van der Waals surface area contributed by atoms with Gasteiger partial charge < -0.3 is 61.9 Å². The van der Waals surface area contributed by atoms with Gasteiger partial charge in [-0.3, -0.25) is 43.3 Å². The van der Waals surface area contributed by atoms with E-state index in [2.05, 4.69) is 31.9 Å². The number of carbonyl (C=O) groups is 10. The Balaban J connectivity index is 0.889. The molecule has 5 atom stereocenters. The maximum absolute atomic E-state index is 15.4. The number of nitrogens with zero attached hydrogens (tertiary/aromatic N) is 3. The molecule has 3 aliphatic heterocycles. The topological polar surface area (TPSA) is 366 Å². The highest BCUT2D eigenvalue weighted by Crippen LogP contribution is 2.45. The number of alkyl carbamates (subject to hydrolysis) is 1. The number of cyclic esters (lactones) is 1. The Hall–Kier alpha value is -9.07. The van der Waals surface area contributed by atoms with Crippen LogP contribution >= 0.6 is 0 Å². The van der Waals surface area contributed by atoms with E-state index in [-0.39, 0.29) is 75.3 Å². The van der Waals surface area contributed by atoms with Crippen molar-refractivity contribution in [3.63, 3.8) is 0 Å². The molecule has 0 spiro atoms. The summed E-state index contributed by atoms with van der Waals surface area (Å²) in [5.41, 5.74) is 9.11. The quantitative estimate of drug-likeness (QED) is 0.0244. The fraction of sp³-hybridized carbons (Fsp3) is 0.429. The number of imide groups is 1. The van der Waals surface area contributed by atoms with Crippen molar-refractivity contribution in [3.8, 4) is 11.4 Å². The van der Waals surface area contributed by atoms with E-state index in [0.29, 0.717) is 82.2 Å². The first-order chi connectivity index (χ1) is 39.1. The Morgan fingerprint density at radius 3 is 2.28 bits per heavy atom. The minimum Gasteiger partial charge on any atom is -0.481 e. The number of carboxylic acid groups (broad SMARTS) is 1. The van der Waals surface area contributed by atoms with Crippen LogP contribution < -0.4 is 43.2 Å². The van der Waals surface area contributed by atoms with E-state index in [9.17, 15) is 63.0 Å². The number of benzene rings is 2. The number of fused-ring (bicyclic) bond motifs is 5. The van der Waals surface area contributed by atoms with Crippen LogP contribution in [-0.4, -0.2) is 115 Å². The molecule has 0 fully saturated rings. The van der Waals surface area contributed by atoms with Crippen LogP contribution in [0.2, 0.25) is 0 Å². The minimum atomic E-state index is -1.68. The second-order valence-corrected chi connectivity index (χ2v) is 20.8. The van der Waals surface area contributed by atoms with Crippen LogP contribution in [0.5, 0.6) is 0 Å². The summed E-state index contributed by atoms with van der Waals surface area (Å²) < 4.78 is 27.5. The molecule has 2 aromatic heterocycles. The van der Waals surface area contributed by atoms with Gasteiger partial charge in [-0.25, -0.2) is 23.8 Å². The standard InChI is InChI=1S/C56H63FN10O15/c1-27(2)47(65-51(75)38(16-19-44(71)72)61-41(68)9-5-4-6-21-66-42(69)17-18-43(66)70)52(76)63-37(8-7-20-59-55(58)79)50(74)60-30-12-10-29(11-13-30)25-82-56(80)64-36-15-14-31-28(3)35(57)23-39-45(31)46(36)33-24-67-40(48(33)62-39)22-32-34(53(67)77)26-81-54(78)49(32)73/h10-13,17-18,22-23,27,36-38,47,49,73H,4-9,14-16,19-21,24-26H2,1-3H3,(H,60,74)(H,61,68)(H,63,76)(H,64,80)(H,65,75)(H,71,72)(H3,58,59,79)/t36-,37-,38-,47-,49?/m0/s1. The van der Waals surface area contributed by atoms with Gasteiger partial charge in [0.15, 0.2) is 6.10 Å². The molecule has 4 aliphatic rings. The molecule has 8 rings (SSSR count). The number of hydrogen-bond acceptors (Lipinski definition) is 15. The Labute approximate surface area is 467 Å². The Kier molecular flexibility index (Phi) is 18.4. The number of rotatable bonds is 24. The summed E-state index contributed by atoms with van der Waals surface area (Å²) in [4.78, 5) is 147. The van der Waals surface area contributed by atoms with Crippen molar-refractivity contribution in [2.75, 3.05) is 18.4 Å². The zero-order valence-electron chi connectivity index (χ0n) is 45.2. The Morgan fingerprint density at radius 2 is 1.59 bits per heavy atom. The van der Waals surface area contributed by atoms with Crippen molar-refractivity contribution in [1.29, 1.82) is 0 Å². The summed E-state index contributed by atoms with van der Waals surface area (Å²) in [7, 11) is 0. The van der Waals surface area contributed by atoms with Gasteiger partial charge in [0.25, 0.3) is 17.4 Å². The predicted octanol–water partition coefficient (Wildman–Crippen LogP) is 2.72. The number of amides is 9. The van der Waals surface area contributed by atoms with E-state index in [1.807, 2.05) is 0 Å². The lowest BCUT2D eigenvalue weighted by molar-refractivity contribution is -0.157. The molecule has 0 radical (unpaired) electrons. The SMILES string of the molecule is Cc1c(F)cc2nc3c(c4c2c1CC[C@@H]4NC(=O)OCc1ccc(NC(=O)[C@H](CCCNC(N)=O)NC(=O)[C@@H](NC(=O)[C@H](CCC(=O)O)NC(=O)CCCCCN2C(=O)C=CC2=O)C(C)C)cc1)Cn1c-3cc2c(c1=O)COC(=O)C2O. The molecule has 4 aromatic rings. The van der Waals surface area contributed by atoms with E-state index in [1.54, 1.807) is 32.9 Å². The number of carbonyl (C=O) groups excluding carboxylic acids is 9. The molecule has 10 N–H and O–H groups in total. The number of ether oxygens (including phenoxy) is 2. The maximum Gasteiger partial charge on any atom is 0.407 e. The van der Waals surface area contributed by atoms with Crippen molar-refractivity contribution in [3.05, 3.63) is 104 Å². The summed E-state index contributed by atoms with van der Waals surface area (Å²) in [5.74, 6) is -6.89. The third-order valence-corrected chi connectivity index (χ3v) is 14.9. The second kappa shape index (κ2) is 25.6. The summed E-state index contributed by atoms with van der Waals surface area (Å²) in [6, 6.07) is 3.75. The number of esters is 1. The first-order valence-electron chi connectivity index (χ1n) is 26.9. The molecule has 1 aliphatic carbocycles. The fourth-order valence-electron chi connectivity index (χ4n) is 10.5. The highest BCUT2D eigenvalue weighted by Gasteiger charge is 2.39. The molecule has 9 amide bonds. The van der Waals surface area contributed by atoms with Crippen LogP contribution in [0.4, 0.5) is 19.7 Å². The lowest BCUT2D eigenvalue weighted by atomic mass is 9.82. The maximum atomic E-state index is 15.4. The van der Waals surface area contributed by atoms with Gasteiger partial charge in [0.05, 0.1) is 35.1 Å². The van der Waals surface area contributed by atoms with Crippen molar-refractivity contribution < 1.29 is 72.0 Å². The summed E-state index contributed by atoms with van der Waals surface area (Å²) >= 11 is 0. The molecule has 434 valence electrons. The van der Waals surface area contributed by atoms with Gasteiger partial charge in [0.2, 0.25) is 23.6 Å². The largest absolute Gasteiger partial charge is 0.481 e. The number of aliphatic hydroxyl groups excluding tert-OH is 1. The average molecular weight is 1140 g/mol. The minimum absolute atomic E-state index is 0.0115. The van der Waals surface area contributed by atoms with Crippen LogP contribution in [0.3, 0.4) is 0 Å². The number of primary amides is 1. The molecule has 82 heavy (non-hydrogen) atoms. The number of anilines is 1. The van der Waals surface area contributed by atoms with Gasteiger partial charge in [-0.05, 0) is 98.2 Å². The third kappa shape index (κ3) is 13.4. The van der Waals surface area contributed by atoms with Crippen molar-refractivity contribution in [1.82, 2.24) is 41.0 Å². The molecule has 0 saturated carbocycles. The number of halogens is 1. The number of aryl methyl sites for hydroxylation is 1. The average Bonchev–Trinajstić information content (AvgIpc) is 3.11. The lowest BCUT2D eigenvalue weighted by Crippen LogP contribution is -2.57. The number of pyridine rings is 2. The number of nitrogens with one attached hydrogen (secondary N) is 6. The number of carboxylic acids is 1. The van der Waals surface area contributed by atoms with Gasteiger partial charge in [-0.15, -0.1) is 0 Å².